The molecular formula is C9H16N2O4S. The lowest BCUT2D eigenvalue weighted by molar-refractivity contribution is -0.125. The van der Waals surface area contributed by atoms with Crippen molar-refractivity contribution in [2.45, 2.75) is 31.1 Å². The predicted molar refractivity (Wildman–Crippen MR) is 58.5 cm³/mol. The maximum absolute atomic E-state index is 11.3. The summed E-state index contributed by atoms with van der Waals surface area (Å²) in [7, 11) is -3.40. The molecule has 0 aliphatic heterocycles. The smallest absolute Gasteiger partial charge is 0.239 e. The fourth-order valence-electron chi connectivity index (χ4n) is 1.01. The lowest BCUT2D eigenvalue weighted by Crippen LogP contribution is -2.43. The van der Waals surface area contributed by atoms with Gasteiger partial charge in [0.1, 0.15) is 5.25 Å². The van der Waals surface area contributed by atoms with Gasteiger partial charge in [0.25, 0.3) is 0 Å². The zero-order valence-electron chi connectivity index (χ0n) is 9.32. The molecule has 1 fully saturated rings. The van der Waals surface area contributed by atoms with Crippen LogP contribution in [0.1, 0.15) is 19.8 Å². The molecule has 2 N–H and O–H groups in total. The third-order valence-corrected chi connectivity index (χ3v) is 3.88. The van der Waals surface area contributed by atoms with Gasteiger partial charge in [0.2, 0.25) is 11.8 Å². The van der Waals surface area contributed by atoms with Crippen molar-refractivity contribution in [3.05, 3.63) is 0 Å². The molecule has 1 saturated carbocycles. The molecule has 1 aliphatic rings. The zero-order valence-corrected chi connectivity index (χ0v) is 10.1. The molecule has 0 spiro atoms. The molecule has 92 valence electrons. The van der Waals surface area contributed by atoms with Crippen molar-refractivity contribution in [1.82, 2.24) is 10.6 Å². The predicted octanol–water partition coefficient (Wildman–Crippen LogP) is -1.19. The van der Waals surface area contributed by atoms with Gasteiger partial charge in [-0.1, -0.05) is 0 Å². The molecule has 0 aromatic rings. The van der Waals surface area contributed by atoms with Crippen molar-refractivity contribution in [2.75, 3.05) is 12.8 Å². The van der Waals surface area contributed by atoms with Crippen molar-refractivity contribution in [2.24, 2.45) is 0 Å². The second-order valence-corrected chi connectivity index (χ2v) is 6.40. The Morgan fingerprint density at radius 2 is 1.94 bits per heavy atom. The Labute approximate surface area is 94.7 Å². The second-order valence-electron chi connectivity index (χ2n) is 4.03. The number of hydrogen-bond acceptors (Lipinski definition) is 4. The molecule has 0 radical (unpaired) electrons. The lowest BCUT2D eigenvalue weighted by Gasteiger charge is -2.10. The number of carbonyl (C=O) groups excluding carboxylic acids is 2. The van der Waals surface area contributed by atoms with Crippen LogP contribution in [0.3, 0.4) is 0 Å². The minimum atomic E-state index is -3.40. The van der Waals surface area contributed by atoms with E-state index in [9.17, 15) is 18.0 Å². The van der Waals surface area contributed by atoms with E-state index >= 15 is 0 Å². The van der Waals surface area contributed by atoms with Crippen LogP contribution in [0.15, 0.2) is 0 Å². The third kappa shape index (κ3) is 4.18. The van der Waals surface area contributed by atoms with E-state index in [4.69, 9.17) is 0 Å². The van der Waals surface area contributed by atoms with E-state index in [-0.39, 0.29) is 18.5 Å². The standard InChI is InChI=1S/C9H16N2O4S/c1-6(16(2,14)15)9(13)10-5-8(12)11-7-3-4-7/h6-7H,3-5H2,1-2H3,(H,10,13)(H,11,12). The van der Waals surface area contributed by atoms with E-state index in [2.05, 4.69) is 10.6 Å². The molecule has 1 unspecified atom stereocenters. The van der Waals surface area contributed by atoms with Crippen molar-refractivity contribution >= 4 is 21.7 Å². The van der Waals surface area contributed by atoms with E-state index in [1.165, 1.54) is 6.92 Å². The van der Waals surface area contributed by atoms with Crippen LogP contribution in [0.4, 0.5) is 0 Å². The minimum absolute atomic E-state index is 0.171. The van der Waals surface area contributed by atoms with Gasteiger partial charge >= 0.3 is 0 Å². The molecule has 2 amide bonds. The number of carbonyl (C=O) groups is 2. The average Bonchev–Trinajstić information content (AvgIpc) is 2.95. The maximum Gasteiger partial charge on any atom is 0.239 e. The zero-order chi connectivity index (χ0) is 12.3. The summed E-state index contributed by atoms with van der Waals surface area (Å²) in [5.74, 6) is -0.926. The fraction of sp³-hybridized carbons (Fsp3) is 0.778. The van der Waals surface area contributed by atoms with Crippen molar-refractivity contribution < 1.29 is 18.0 Å². The van der Waals surface area contributed by atoms with Crippen molar-refractivity contribution in [1.29, 1.82) is 0 Å². The second kappa shape index (κ2) is 4.82. The number of amides is 2. The molecule has 0 aromatic heterocycles. The van der Waals surface area contributed by atoms with Crippen LogP contribution in [-0.2, 0) is 19.4 Å². The van der Waals surface area contributed by atoms with Gasteiger partial charge in [-0.2, -0.15) is 0 Å². The molecule has 6 nitrogen and oxygen atoms in total. The Bertz CT molecular complexity index is 386. The van der Waals surface area contributed by atoms with Crippen molar-refractivity contribution in [3.8, 4) is 0 Å². The summed E-state index contributed by atoms with van der Waals surface area (Å²) in [6.45, 7) is 1.12. The van der Waals surface area contributed by atoms with Crippen LogP contribution < -0.4 is 10.6 Å². The van der Waals surface area contributed by atoms with Gasteiger partial charge < -0.3 is 10.6 Å². The van der Waals surface area contributed by atoms with Crippen LogP contribution >= 0.6 is 0 Å². The van der Waals surface area contributed by atoms with Gasteiger partial charge in [0.15, 0.2) is 9.84 Å². The van der Waals surface area contributed by atoms with E-state index in [1.54, 1.807) is 0 Å². The summed E-state index contributed by atoms with van der Waals surface area (Å²) in [6.07, 6.45) is 2.93. The summed E-state index contributed by atoms with van der Waals surface area (Å²) < 4.78 is 22.1. The molecule has 0 bridgehead atoms. The van der Waals surface area contributed by atoms with Crippen molar-refractivity contribution in [3.63, 3.8) is 0 Å². The van der Waals surface area contributed by atoms with Gasteiger partial charge in [-0.25, -0.2) is 8.42 Å². The number of hydrogen-bond donors (Lipinski definition) is 2. The van der Waals surface area contributed by atoms with Gasteiger partial charge in [0.05, 0.1) is 6.54 Å². The molecule has 1 atom stereocenters. The number of rotatable bonds is 5. The highest BCUT2D eigenvalue weighted by molar-refractivity contribution is 7.92. The highest BCUT2D eigenvalue weighted by Gasteiger charge is 2.25. The quantitative estimate of drug-likeness (QED) is 0.640. The number of sulfone groups is 1. The SMILES string of the molecule is CC(C(=O)NCC(=O)NC1CC1)S(C)(=O)=O. The summed E-state index contributed by atoms with van der Waals surface area (Å²) in [5.41, 5.74) is 0. The Balaban J connectivity index is 2.31. The molecular weight excluding hydrogens is 232 g/mol. The fourth-order valence-corrected chi connectivity index (χ4v) is 1.48. The molecule has 7 heteroatoms. The first-order chi connectivity index (χ1) is 7.30. The first-order valence-corrected chi connectivity index (χ1v) is 7.02. The normalized spacial score (nSPS) is 17.6. The summed E-state index contributed by atoms with van der Waals surface area (Å²) >= 11 is 0. The van der Waals surface area contributed by atoms with Crippen LogP contribution in [0.25, 0.3) is 0 Å². The van der Waals surface area contributed by atoms with Gasteiger partial charge in [0, 0.05) is 12.3 Å². The third-order valence-electron chi connectivity index (χ3n) is 2.38. The van der Waals surface area contributed by atoms with Gasteiger partial charge in [-0.3, -0.25) is 9.59 Å². The minimum Gasteiger partial charge on any atom is -0.352 e. The Morgan fingerprint density at radius 1 is 1.38 bits per heavy atom. The maximum atomic E-state index is 11.3. The monoisotopic (exact) mass is 248 g/mol. The average molecular weight is 248 g/mol. The van der Waals surface area contributed by atoms with Crippen LogP contribution in [0.2, 0.25) is 0 Å². The number of nitrogens with one attached hydrogen (secondary N) is 2. The molecule has 1 aliphatic carbocycles. The molecule has 16 heavy (non-hydrogen) atoms. The van der Waals surface area contributed by atoms with Crippen LogP contribution in [0, 0.1) is 0 Å². The first kappa shape index (κ1) is 13.0. The highest BCUT2D eigenvalue weighted by Crippen LogP contribution is 2.18. The van der Waals surface area contributed by atoms with Crippen LogP contribution in [0.5, 0.6) is 0 Å². The summed E-state index contributed by atoms with van der Waals surface area (Å²) in [6, 6.07) is 0.233. The molecule has 0 saturated heterocycles. The Kier molecular flexibility index (Phi) is 3.90. The largest absolute Gasteiger partial charge is 0.352 e. The Hall–Kier alpha value is -1.11. The van der Waals surface area contributed by atoms with E-state index in [1.807, 2.05) is 0 Å². The lowest BCUT2D eigenvalue weighted by atomic mass is 10.4. The molecule has 0 aromatic carbocycles. The first-order valence-electron chi connectivity index (χ1n) is 5.06. The van der Waals surface area contributed by atoms with Gasteiger partial charge in [-0.15, -0.1) is 0 Å². The topological polar surface area (TPSA) is 92.3 Å². The summed E-state index contributed by atoms with van der Waals surface area (Å²) in [5, 5.41) is 3.85. The van der Waals surface area contributed by atoms with E-state index < -0.39 is 21.0 Å². The molecule has 0 heterocycles. The van der Waals surface area contributed by atoms with E-state index in [0.29, 0.717) is 0 Å². The summed E-state index contributed by atoms with van der Waals surface area (Å²) in [4.78, 5) is 22.5. The van der Waals surface area contributed by atoms with Crippen LogP contribution in [-0.4, -0.2) is 44.3 Å². The van der Waals surface area contributed by atoms with E-state index in [0.717, 1.165) is 19.1 Å². The molecule has 1 rings (SSSR count). The van der Waals surface area contributed by atoms with Gasteiger partial charge in [-0.05, 0) is 19.8 Å². The Morgan fingerprint density at radius 3 is 2.38 bits per heavy atom. The highest BCUT2D eigenvalue weighted by atomic mass is 32.2.